The van der Waals surface area contributed by atoms with E-state index in [0.29, 0.717) is 22.9 Å². The summed E-state index contributed by atoms with van der Waals surface area (Å²) >= 11 is 0. The van der Waals surface area contributed by atoms with Crippen LogP contribution in [0.4, 0.5) is 17.3 Å². The Morgan fingerprint density at radius 2 is 2.03 bits per heavy atom. The number of carbonyl (C=O) groups is 1. The molecular weight excluding hydrogens is 428 g/mol. The molecule has 1 saturated heterocycles. The van der Waals surface area contributed by atoms with Crippen molar-refractivity contribution in [1.29, 1.82) is 0 Å². The number of pyridine rings is 1. The molecule has 0 saturated carbocycles. The lowest BCUT2D eigenvalue weighted by Crippen LogP contribution is -2.27. The molecule has 0 unspecified atom stereocenters. The van der Waals surface area contributed by atoms with Gasteiger partial charge in [-0.2, -0.15) is 5.10 Å². The van der Waals surface area contributed by atoms with Crippen LogP contribution in [0.2, 0.25) is 0 Å². The monoisotopic (exact) mass is 450 g/mol. The standard InChI is InChI=1S/C23H22N6O2.ClH/c1-15-5-4-11-28(15)21-9-3-8-20(26-21)25-19-14-18(27-29-12-10-24-22(19)29)16-6-2-7-17(13-16)23(30)31;/h2-3,6-10,12-15H,4-5,11H2,1H3,(H,25,26)(H,30,31);1H/t15-;/m1./s1. The minimum atomic E-state index is -0.971. The molecule has 0 radical (unpaired) electrons. The minimum Gasteiger partial charge on any atom is -0.478 e. The predicted octanol–water partition coefficient (Wildman–Crippen LogP) is 4.64. The first-order valence-corrected chi connectivity index (χ1v) is 10.3. The van der Waals surface area contributed by atoms with Gasteiger partial charge >= 0.3 is 5.97 Å². The number of hydrogen-bond acceptors (Lipinski definition) is 6. The molecule has 4 heterocycles. The molecule has 0 spiro atoms. The molecule has 0 aliphatic carbocycles. The summed E-state index contributed by atoms with van der Waals surface area (Å²) in [5, 5.41) is 17.3. The van der Waals surface area contributed by atoms with Crippen LogP contribution < -0.4 is 10.2 Å². The topological polar surface area (TPSA) is 95.7 Å². The number of nitrogens with one attached hydrogen (secondary N) is 1. The number of halogens is 1. The zero-order valence-electron chi connectivity index (χ0n) is 17.5. The van der Waals surface area contributed by atoms with E-state index < -0.39 is 5.97 Å². The second kappa shape index (κ2) is 8.84. The Bertz CT molecular complexity index is 1270. The first-order valence-electron chi connectivity index (χ1n) is 10.3. The van der Waals surface area contributed by atoms with E-state index >= 15 is 0 Å². The number of carboxylic acid groups (broad SMARTS) is 1. The van der Waals surface area contributed by atoms with Crippen molar-refractivity contribution in [2.75, 3.05) is 16.8 Å². The lowest BCUT2D eigenvalue weighted by atomic mass is 10.1. The van der Waals surface area contributed by atoms with E-state index in [1.807, 2.05) is 30.3 Å². The summed E-state index contributed by atoms with van der Waals surface area (Å²) in [6.07, 6.45) is 5.80. The zero-order chi connectivity index (χ0) is 21.4. The van der Waals surface area contributed by atoms with E-state index in [9.17, 15) is 9.90 Å². The molecule has 164 valence electrons. The van der Waals surface area contributed by atoms with Crippen LogP contribution in [0.15, 0.2) is 60.9 Å². The van der Waals surface area contributed by atoms with Crippen molar-refractivity contribution in [3.8, 4) is 11.3 Å². The SMILES string of the molecule is C[C@@H]1CCCN1c1cccc(Nc2cc(-c3cccc(C(=O)O)c3)nn3ccnc23)n1.Cl. The number of aromatic nitrogens is 4. The highest BCUT2D eigenvalue weighted by molar-refractivity contribution is 5.89. The molecule has 5 rings (SSSR count). The lowest BCUT2D eigenvalue weighted by molar-refractivity contribution is 0.0697. The van der Waals surface area contributed by atoms with E-state index in [1.165, 1.54) is 12.8 Å². The molecule has 0 amide bonds. The fraction of sp³-hybridized carbons (Fsp3) is 0.217. The number of aromatic carboxylic acids is 1. The van der Waals surface area contributed by atoms with Crippen LogP contribution in [0.3, 0.4) is 0 Å². The molecule has 1 aliphatic heterocycles. The summed E-state index contributed by atoms with van der Waals surface area (Å²) < 4.78 is 1.68. The molecule has 1 aliphatic rings. The van der Waals surface area contributed by atoms with Crippen LogP contribution in [-0.2, 0) is 0 Å². The van der Waals surface area contributed by atoms with Crippen molar-refractivity contribution in [2.24, 2.45) is 0 Å². The Balaban J connectivity index is 0.00000245. The van der Waals surface area contributed by atoms with E-state index in [-0.39, 0.29) is 18.0 Å². The predicted molar refractivity (Wildman–Crippen MR) is 126 cm³/mol. The highest BCUT2D eigenvalue weighted by Crippen LogP contribution is 2.28. The Morgan fingerprint density at radius 1 is 1.19 bits per heavy atom. The highest BCUT2D eigenvalue weighted by Gasteiger charge is 2.21. The maximum atomic E-state index is 11.4. The van der Waals surface area contributed by atoms with E-state index in [0.717, 1.165) is 23.9 Å². The van der Waals surface area contributed by atoms with Crippen molar-refractivity contribution in [1.82, 2.24) is 19.6 Å². The van der Waals surface area contributed by atoms with Gasteiger partial charge in [-0.25, -0.2) is 19.3 Å². The summed E-state index contributed by atoms with van der Waals surface area (Å²) in [6, 6.07) is 15.1. The van der Waals surface area contributed by atoms with Gasteiger partial charge in [-0.1, -0.05) is 18.2 Å². The van der Waals surface area contributed by atoms with Gasteiger partial charge in [0.2, 0.25) is 0 Å². The minimum absolute atomic E-state index is 0. The van der Waals surface area contributed by atoms with Gasteiger partial charge in [0.25, 0.3) is 0 Å². The zero-order valence-corrected chi connectivity index (χ0v) is 18.3. The Labute approximate surface area is 191 Å². The van der Waals surface area contributed by atoms with Gasteiger partial charge in [-0.05, 0) is 50.1 Å². The second-order valence-corrected chi connectivity index (χ2v) is 7.72. The average Bonchev–Trinajstić information content (AvgIpc) is 3.43. The maximum Gasteiger partial charge on any atom is 0.335 e. The smallest absolute Gasteiger partial charge is 0.335 e. The van der Waals surface area contributed by atoms with E-state index in [4.69, 9.17) is 4.98 Å². The fourth-order valence-electron chi connectivity index (χ4n) is 4.03. The van der Waals surface area contributed by atoms with Crippen LogP contribution in [0.1, 0.15) is 30.1 Å². The van der Waals surface area contributed by atoms with Crippen molar-refractivity contribution in [3.63, 3.8) is 0 Å². The molecule has 4 aromatic rings. The number of fused-ring (bicyclic) bond motifs is 1. The summed E-state index contributed by atoms with van der Waals surface area (Å²) in [5.41, 5.74) is 2.98. The Kier molecular flexibility index (Phi) is 5.96. The molecule has 2 N–H and O–H groups in total. The molecule has 1 fully saturated rings. The van der Waals surface area contributed by atoms with Crippen LogP contribution in [0.25, 0.3) is 16.9 Å². The third kappa shape index (κ3) is 4.09. The molecule has 0 bridgehead atoms. The van der Waals surface area contributed by atoms with Crippen molar-refractivity contribution in [2.45, 2.75) is 25.8 Å². The number of carboxylic acids is 1. The van der Waals surface area contributed by atoms with E-state index in [2.05, 4.69) is 27.2 Å². The average molecular weight is 451 g/mol. The third-order valence-electron chi connectivity index (χ3n) is 5.61. The largest absolute Gasteiger partial charge is 0.478 e. The lowest BCUT2D eigenvalue weighted by Gasteiger charge is -2.23. The fourth-order valence-corrected chi connectivity index (χ4v) is 4.03. The highest BCUT2D eigenvalue weighted by atomic mass is 35.5. The van der Waals surface area contributed by atoms with Crippen molar-refractivity contribution >= 4 is 41.3 Å². The molecule has 8 nitrogen and oxygen atoms in total. The molecule has 1 atom stereocenters. The van der Waals surface area contributed by atoms with Crippen LogP contribution in [0.5, 0.6) is 0 Å². The molecule has 32 heavy (non-hydrogen) atoms. The summed E-state index contributed by atoms with van der Waals surface area (Å²) in [7, 11) is 0. The summed E-state index contributed by atoms with van der Waals surface area (Å²) in [4.78, 5) is 22.9. The normalized spacial score (nSPS) is 15.5. The van der Waals surface area contributed by atoms with Crippen LogP contribution in [0, 0.1) is 0 Å². The molecular formula is C23H23ClN6O2. The second-order valence-electron chi connectivity index (χ2n) is 7.72. The number of benzene rings is 1. The first kappa shape index (κ1) is 21.6. The Hall–Kier alpha value is -3.65. The number of hydrogen-bond donors (Lipinski definition) is 2. The molecule has 3 aromatic heterocycles. The Morgan fingerprint density at radius 3 is 2.81 bits per heavy atom. The van der Waals surface area contributed by atoms with E-state index in [1.54, 1.807) is 35.1 Å². The number of rotatable bonds is 5. The number of nitrogens with zero attached hydrogens (tertiary/aromatic N) is 5. The van der Waals surface area contributed by atoms with Gasteiger partial charge in [0.1, 0.15) is 11.6 Å². The van der Waals surface area contributed by atoms with Crippen molar-refractivity contribution in [3.05, 3.63) is 66.5 Å². The van der Waals surface area contributed by atoms with Crippen LogP contribution >= 0.6 is 12.4 Å². The molecule has 1 aromatic carbocycles. The maximum absolute atomic E-state index is 11.4. The summed E-state index contributed by atoms with van der Waals surface area (Å²) in [5.74, 6) is 0.705. The van der Waals surface area contributed by atoms with Gasteiger partial charge in [0, 0.05) is 30.5 Å². The summed E-state index contributed by atoms with van der Waals surface area (Å²) in [6.45, 7) is 3.24. The van der Waals surface area contributed by atoms with Gasteiger partial charge in [0.05, 0.1) is 16.9 Å². The van der Waals surface area contributed by atoms with Gasteiger partial charge in [0.15, 0.2) is 5.65 Å². The number of anilines is 3. The molecule has 9 heteroatoms. The first-order chi connectivity index (χ1) is 15.1. The van der Waals surface area contributed by atoms with Crippen LogP contribution in [-0.4, -0.2) is 43.2 Å². The quantitative estimate of drug-likeness (QED) is 0.457. The van der Waals surface area contributed by atoms with Gasteiger partial charge < -0.3 is 15.3 Å². The van der Waals surface area contributed by atoms with Gasteiger partial charge in [-0.3, -0.25) is 0 Å². The third-order valence-corrected chi connectivity index (χ3v) is 5.61. The van der Waals surface area contributed by atoms with Gasteiger partial charge in [-0.15, -0.1) is 12.4 Å². The number of imidazole rings is 1. The van der Waals surface area contributed by atoms with Crippen molar-refractivity contribution < 1.29 is 9.90 Å².